The average molecular weight is 459 g/mol. The molecule has 142 valence electrons. The number of hydrogen-bond donors (Lipinski definition) is 3. The van der Waals surface area contributed by atoms with E-state index in [2.05, 4.69) is 26.2 Å². The SMILES string of the molecule is Cn1c(OCCO)nc2c(F)c(Nc3ccc(Br)cc3Cl)c(C(=O)O)cc21. The number of fused-ring (bicyclic) bond motifs is 1. The van der Waals surface area contributed by atoms with Crippen molar-refractivity contribution < 1.29 is 24.1 Å². The number of benzene rings is 2. The van der Waals surface area contributed by atoms with Gasteiger partial charge in [-0.15, -0.1) is 0 Å². The van der Waals surface area contributed by atoms with Gasteiger partial charge in [-0.05, 0) is 24.3 Å². The Bertz CT molecular complexity index is 1040. The second kappa shape index (κ2) is 7.71. The Morgan fingerprint density at radius 2 is 2.19 bits per heavy atom. The zero-order chi connectivity index (χ0) is 19.7. The van der Waals surface area contributed by atoms with Gasteiger partial charge in [-0.2, -0.15) is 4.98 Å². The van der Waals surface area contributed by atoms with E-state index in [4.69, 9.17) is 21.4 Å². The van der Waals surface area contributed by atoms with Crippen LogP contribution in [0.1, 0.15) is 10.4 Å². The lowest BCUT2D eigenvalue weighted by atomic mass is 10.1. The van der Waals surface area contributed by atoms with Gasteiger partial charge in [-0.25, -0.2) is 9.18 Å². The van der Waals surface area contributed by atoms with Crippen molar-refractivity contribution in [3.63, 3.8) is 0 Å². The van der Waals surface area contributed by atoms with Crippen LogP contribution in [0.2, 0.25) is 5.02 Å². The third-order valence-electron chi connectivity index (χ3n) is 3.82. The van der Waals surface area contributed by atoms with E-state index in [0.29, 0.717) is 5.69 Å². The van der Waals surface area contributed by atoms with Gasteiger partial charge in [0.05, 0.1) is 34.1 Å². The topological polar surface area (TPSA) is 96.6 Å². The minimum atomic E-state index is -1.31. The number of halogens is 3. The first-order valence-electron chi connectivity index (χ1n) is 7.71. The van der Waals surface area contributed by atoms with Crippen molar-refractivity contribution in [2.45, 2.75) is 0 Å². The minimum absolute atomic E-state index is 0.0236. The number of nitrogens with one attached hydrogen (secondary N) is 1. The zero-order valence-electron chi connectivity index (χ0n) is 14.0. The maximum Gasteiger partial charge on any atom is 0.338 e. The van der Waals surface area contributed by atoms with Crippen LogP contribution in [0.3, 0.4) is 0 Å². The molecule has 0 spiro atoms. The molecule has 27 heavy (non-hydrogen) atoms. The summed E-state index contributed by atoms with van der Waals surface area (Å²) in [6.07, 6.45) is 0. The van der Waals surface area contributed by atoms with Gasteiger partial charge in [0.1, 0.15) is 12.1 Å². The Kier molecular flexibility index (Phi) is 5.54. The van der Waals surface area contributed by atoms with Crippen LogP contribution in [0.5, 0.6) is 6.01 Å². The second-order valence-electron chi connectivity index (χ2n) is 5.56. The number of aromatic nitrogens is 2. The number of anilines is 2. The standard InChI is InChI=1S/C17H14BrClFN3O4/c1-23-12-7-9(16(25)26)14(21-11-3-2-8(18)6-10(11)19)13(20)15(12)22-17(23)27-5-4-24/h2-3,6-7,21,24H,4-5H2,1H3,(H,25,26). The molecule has 0 amide bonds. The molecule has 0 radical (unpaired) electrons. The summed E-state index contributed by atoms with van der Waals surface area (Å²) in [5.74, 6) is -2.16. The smallest absolute Gasteiger partial charge is 0.338 e. The molecule has 0 fully saturated rings. The van der Waals surface area contributed by atoms with E-state index in [-0.39, 0.29) is 46.5 Å². The highest BCUT2D eigenvalue weighted by molar-refractivity contribution is 9.10. The van der Waals surface area contributed by atoms with Crippen LogP contribution < -0.4 is 10.1 Å². The lowest BCUT2D eigenvalue weighted by Gasteiger charge is -2.13. The molecule has 0 aliphatic carbocycles. The summed E-state index contributed by atoms with van der Waals surface area (Å²) < 4.78 is 22.5. The van der Waals surface area contributed by atoms with Crippen LogP contribution in [0.25, 0.3) is 11.0 Å². The van der Waals surface area contributed by atoms with Gasteiger partial charge >= 0.3 is 5.97 Å². The quantitative estimate of drug-likeness (QED) is 0.518. The number of carbonyl (C=O) groups is 1. The third-order valence-corrected chi connectivity index (χ3v) is 4.63. The summed E-state index contributed by atoms with van der Waals surface area (Å²) in [5.41, 5.74) is -0.0218. The molecule has 0 atom stereocenters. The number of rotatable bonds is 6. The van der Waals surface area contributed by atoms with Crippen molar-refractivity contribution >= 4 is 55.9 Å². The van der Waals surface area contributed by atoms with Gasteiger partial charge < -0.3 is 20.3 Å². The van der Waals surface area contributed by atoms with E-state index < -0.39 is 11.8 Å². The molecular formula is C17H14BrClFN3O4. The van der Waals surface area contributed by atoms with Gasteiger partial charge in [0.25, 0.3) is 6.01 Å². The summed E-state index contributed by atoms with van der Waals surface area (Å²) in [5, 5.41) is 21.4. The molecular weight excluding hydrogens is 445 g/mol. The first kappa shape index (κ1) is 19.4. The summed E-state index contributed by atoms with van der Waals surface area (Å²) in [7, 11) is 1.56. The Labute approximate surface area is 166 Å². The van der Waals surface area contributed by atoms with E-state index >= 15 is 4.39 Å². The average Bonchev–Trinajstić information content (AvgIpc) is 2.93. The summed E-state index contributed by atoms with van der Waals surface area (Å²) in [6.45, 7) is -0.259. The van der Waals surface area contributed by atoms with Crippen molar-refractivity contribution in [2.75, 3.05) is 18.5 Å². The molecule has 2 aromatic carbocycles. The largest absolute Gasteiger partial charge is 0.478 e. The second-order valence-corrected chi connectivity index (χ2v) is 6.88. The van der Waals surface area contributed by atoms with Crippen LogP contribution in [0, 0.1) is 5.82 Å². The molecule has 0 unspecified atom stereocenters. The fourth-order valence-corrected chi connectivity index (χ4v) is 3.27. The maximum absolute atomic E-state index is 15.1. The molecule has 3 rings (SSSR count). The van der Waals surface area contributed by atoms with E-state index in [9.17, 15) is 9.90 Å². The first-order chi connectivity index (χ1) is 12.8. The number of aromatic carboxylic acids is 1. The van der Waals surface area contributed by atoms with Crippen LogP contribution in [0.4, 0.5) is 15.8 Å². The molecule has 0 bridgehead atoms. The Hall–Kier alpha value is -2.36. The summed E-state index contributed by atoms with van der Waals surface area (Å²) in [4.78, 5) is 15.8. The minimum Gasteiger partial charge on any atom is -0.478 e. The highest BCUT2D eigenvalue weighted by atomic mass is 79.9. The molecule has 0 saturated carbocycles. The number of ether oxygens (including phenoxy) is 1. The lowest BCUT2D eigenvalue weighted by molar-refractivity contribution is 0.0697. The number of hydrogen-bond acceptors (Lipinski definition) is 5. The first-order valence-corrected chi connectivity index (χ1v) is 8.88. The molecule has 0 saturated heterocycles. The van der Waals surface area contributed by atoms with E-state index in [1.54, 1.807) is 25.2 Å². The van der Waals surface area contributed by atoms with Crippen LogP contribution in [-0.2, 0) is 7.05 Å². The molecule has 7 nitrogen and oxygen atoms in total. The number of imidazole rings is 1. The van der Waals surface area contributed by atoms with E-state index in [1.165, 1.54) is 10.6 Å². The number of aliphatic hydroxyl groups excluding tert-OH is 1. The van der Waals surface area contributed by atoms with Crippen molar-refractivity contribution in [2.24, 2.45) is 7.05 Å². The van der Waals surface area contributed by atoms with E-state index in [0.717, 1.165) is 4.47 Å². The molecule has 0 aliphatic rings. The number of nitrogens with zero attached hydrogens (tertiary/aromatic N) is 2. The molecule has 3 aromatic rings. The Morgan fingerprint density at radius 1 is 1.44 bits per heavy atom. The number of carboxylic acid groups (broad SMARTS) is 1. The monoisotopic (exact) mass is 457 g/mol. The number of aliphatic hydroxyl groups is 1. The molecule has 3 N–H and O–H groups in total. The van der Waals surface area contributed by atoms with Gasteiger partial charge in [0, 0.05) is 11.5 Å². The lowest BCUT2D eigenvalue weighted by Crippen LogP contribution is -2.07. The van der Waals surface area contributed by atoms with Crippen LogP contribution >= 0.6 is 27.5 Å². The van der Waals surface area contributed by atoms with Crippen molar-refractivity contribution in [1.82, 2.24) is 9.55 Å². The predicted octanol–water partition coefficient (Wildman–Crippen LogP) is 3.94. The van der Waals surface area contributed by atoms with Gasteiger partial charge in [-0.1, -0.05) is 27.5 Å². The third kappa shape index (κ3) is 3.71. The van der Waals surface area contributed by atoms with Gasteiger partial charge in [-0.3, -0.25) is 4.57 Å². The van der Waals surface area contributed by atoms with E-state index in [1.807, 2.05) is 0 Å². The molecule has 1 aromatic heterocycles. The highest BCUT2D eigenvalue weighted by Gasteiger charge is 2.23. The number of aryl methyl sites for hydroxylation is 1. The van der Waals surface area contributed by atoms with Gasteiger partial charge in [0.2, 0.25) is 0 Å². The van der Waals surface area contributed by atoms with Gasteiger partial charge in [0.15, 0.2) is 5.82 Å². The number of carboxylic acids is 1. The molecule has 10 heteroatoms. The fraction of sp³-hybridized carbons (Fsp3) is 0.176. The Morgan fingerprint density at radius 3 is 2.81 bits per heavy atom. The van der Waals surface area contributed by atoms with Crippen molar-refractivity contribution in [3.05, 3.63) is 45.1 Å². The molecule has 1 heterocycles. The highest BCUT2D eigenvalue weighted by Crippen LogP contribution is 2.35. The van der Waals surface area contributed by atoms with Crippen LogP contribution in [-0.4, -0.2) is 38.9 Å². The maximum atomic E-state index is 15.1. The van der Waals surface area contributed by atoms with Crippen molar-refractivity contribution in [3.8, 4) is 6.01 Å². The Balaban J connectivity index is 2.17. The summed E-state index contributed by atoms with van der Waals surface area (Å²) >= 11 is 9.42. The predicted molar refractivity (Wildman–Crippen MR) is 103 cm³/mol. The van der Waals surface area contributed by atoms with Crippen molar-refractivity contribution in [1.29, 1.82) is 0 Å². The summed E-state index contributed by atoms with van der Waals surface area (Å²) in [6, 6.07) is 6.24. The van der Waals surface area contributed by atoms with Crippen LogP contribution in [0.15, 0.2) is 28.7 Å². The molecule has 0 aliphatic heterocycles. The zero-order valence-corrected chi connectivity index (χ0v) is 16.3. The normalized spacial score (nSPS) is 11.0. The fourth-order valence-electron chi connectivity index (χ4n) is 2.54.